The summed E-state index contributed by atoms with van der Waals surface area (Å²) in [6, 6.07) is 0. The molecule has 0 aliphatic heterocycles. The first-order valence-electron chi connectivity index (χ1n) is 5.05. The van der Waals surface area contributed by atoms with Crippen LogP contribution in [0.2, 0.25) is 0 Å². The Balaban J connectivity index is 2.58. The summed E-state index contributed by atoms with van der Waals surface area (Å²) in [5.74, 6) is 1.10. The summed E-state index contributed by atoms with van der Waals surface area (Å²) in [5, 5.41) is 6.09. The van der Waals surface area contributed by atoms with E-state index in [-0.39, 0.29) is 0 Å². The number of aromatic nitrogens is 3. The molecule has 0 aromatic carbocycles. The number of nitrogens with one attached hydrogen (secondary N) is 2. The lowest BCUT2D eigenvalue weighted by Crippen LogP contribution is -2.17. The second-order valence-electron chi connectivity index (χ2n) is 3.04. The Labute approximate surface area is 108 Å². The van der Waals surface area contributed by atoms with Crippen LogP contribution < -0.4 is 22.1 Å². The van der Waals surface area contributed by atoms with E-state index in [1.165, 1.54) is 0 Å². The van der Waals surface area contributed by atoms with Crippen molar-refractivity contribution in [2.24, 2.45) is 11.5 Å². The van der Waals surface area contributed by atoms with Crippen LogP contribution in [0.3, 0.4) is 0 Å². The van der Waals surface area contributed by atoms with Crippen LogP contribution in [0, 0.1) is 3.83 Å². The number of nitrogens with zero attached hydrogens (tertiary/aromatic N) is 3. The Kier molecular flexibility index (Phi) is 6.26. The van der Waals surface area contributed by atoms with Gasteiger partial charge in [-0.05, 0) is 13.0 Å². The van der Waals surface area contributed by atoms with Crippen molar-refractivity contribution < 1.29 is 0 Å². The van der Waals surface area contributed by atoms with E-state index in [1.54, 1.807) is 0 Å². The van der Waals surface area contributed by atoms with Crippen molar-refractivity contribution >= 4 is 34.5 Å². The van der Waals surface area contributed by atoms with Gasteiger partial charge in [-0.1, -0.05) is 0 Å². The normalized spacial score (nSPS) is 10.2. The molecule has 8 heteroatoms. The van der Waals surface area contributed by atoms with E-state index in [9.17, 15) is 0 Å². The zero-order chi connectivity index (χ0) is 11.8. The molecule has 0 saturated heterocycles. The zero-order valence-electron chi connectivity index (χ0n) is 8.91. The molecule has 0 bridgehead atoms. The third kappa shape index (κ3) is 4.86. The lowest BCUT2D eigenvalue weighted by atomic mass is 10.4. The fourth-order valence-electron chi connectivity index (χ4n) is 0.994. The molecule has 0 saturated carbocycles. The molecule has 90 valence electrons. The average molecular weight is 337 g/mol. The van der Waals surface area contributed by atoms with Crippen LogP contribution >= 0.6 is 22.6 Å². The smallest absolute Gasteiger partial charge is 0.228 e. The fourth-order valence-corrected chi connectivity index (χ4v) is 1.45. The minimum atomic E-state index is 0.540. The van der Waals surface area contributed by atoms with Gasteiger partial charge in [0.25, 0.3) is 0 Å². The number of anilines is 2. The van der Waals surface area contributed by atoms with Crippen molar-refractivity contribution in [3.05, 3.63) is 3.83 Å². The molecule has 1 heterocycles. The molecule has 16 heavy (non-hydrogen) atoms. The molecule has 1 aromatic heterocycles. The lowest BCUT2D eigenvalue weighted by Gasteiger charge is -2.07. The standard InChI is InChI=1S/C8H16IN7/c9-6-14-7(12-4-1-2-10)16-8(15-6)13-5-3-11/h1-5,10-11H2,(H2,12,13,14,15,16). The van der Waals surface area contributed by atoms with E-state index in [0.29, 0.717) is 35.4 Å². The molecule has 0 amide bonds. The highest BCUT2D eigenvalue weighted by Gasteiger charge is 2.02. The van der Waals surface area contributed by atoms with E-state index in [0.717, 1.165) is 13.0 Å². The summed E-state index contributed by atoms with van der Waals surface area (Å²) in [7, 11) is 0. The van der Waals surface area contributed by atoms with Gasteiger partial charge in [0.1, 0.15) is 0 Å². The SMILES string of the molecule is NCCCNc1nc(I)nc(NCCN)n1. The van der Waals surface area contributed by atoms with E-state index >= 15 is 0 Å². The van der Waals surface area contributed by atoms with Crippen molar-refractivity contribution in [2.45, 2.75) is 6.42 Å². The third-order valence-corrected chi connectivity index (χ3v) is 2.18. The summed E-state index contributed by atoms with van der Waals surface area (Å²) in [6.45, 7) is 2.58. The van der Waals surface area contributed by atoms with Crippen molar-refractivity contribution in [2.75, 3.05) is 36.8 Å². The monoisotopic (exact) mass is 337 g/mol. The topological polar surface area (TPSA) is 115 Å². The van der Waals surface area contributed by atoms with Crippen LogP contribution in [0.25, 0.3) is 0 Å². The molecule has 0 spiro atoms. The summed E-state index contributed by atoms with van der Waals surface area (Å²) < 4.78 is 0.641. The summed E-state index contributed by atoms with van der Waals surface area (Å²) in [5.41, 5.74) is 10.8. The molecule has 0 unspecified atom stereocenters. The van der Waals surface area contributed by atoms with Gasteiger partial charge in [-0.2, -0.15) is 15.0 Å². The van der Waals surface area contributed by atoms with Crippen molar-refractivity contribution in [1.29, 1.82) is 0 Å². The molecule has 1 rings (SSSR count). The van der Waals surface area contributed by atoms with Gasteiger partial charge in [-0.15, -0.1) is 0 Å². The quantitative estimate of drug-likeness (QED) is 0.396. The highest BCUT2D eigenvalue weighted by molar-refractivity contribution is 14.1. The van der Waals surface area contributed by atoms with Gasteiger partial charge in [0, 0.05) is 42.2 Å². The van der Waals surface area contributed by atoms with Gasteiger partial charge in [0.2, 0.25) is 11.9 Å². The molecule has 0 aliphatic carbocycles. The Morgan fingerprint density at radius 3 is 2.12 bits per heavy atom. The van der Waals surface area contributed by atoms with Crippen LogP contribution in [-0.2, 0) is 0 Å². The van der Waals surface area contributed by atoms with E-state index in [4.69, 9.17) is 11.5 Å². The highest BCUT2D eigenvalue weighted by atomic mass is 127. The van der Waals surface area contributed by atoms with Crippen molar-refractivity contribution in [1.82, 2.24) is 15.0 Å². The van der Waals surface area contributed by atoms with Gasteiger partial charge in [-0.25, -0.2) is 0 Å². The van der Waals surface area contributed by atoms with Crippen LogP contribution in [0.15, 0.2) is 0 Å². The first kappa shape index (κ1) is 13.3. The molecule has 7 nitrogen and oxygen atoms in total. The average Bonchev–Trinajstić information content (AvgIpc) is 2.26. The van der Waals surface area contributed by atoms with Gasteiger partial charge in [0.05, 0.1) is 0 Å². The maximum atomic E-state index is 5.40. The Morgan fingerprint density at radius 1 is 0.938 bits per heavy atom. The number of halogens is 1. The van der Waals surface area contributed by atoms with Gasteiger partial charge >= 0.3 is 0 Å². The van der Waals surface area contributed by atoms with E-state index in [1.807, 2.05) is 22.6 Å². The second kappa shape index (κ2) is 7.52. The maximum Gasteiger partial charge on any atom is 0.228 e. The number of nitrogens with two attached hydrogens (primary N) is 2. The molecule has 0 atom stereocenters. The molecule has 0 fully saturated rings. The van der Waals surface area contributed by atoms with E-state index in [2.05, 4.69) is 25.6 Å². The zero-order valence-corrected chi connectivity index (χ0v) is 11.1. The highest BCUT2D eigenvalue weighted by Crippen LogP contribution is 2.06. The predicted molar refractivity (Wildman–Crippen MR) is 72.2 cm³/mol. The summed E-state index contributed by atoms with van der Waals surface area (Å²) in [4.78, 5) is 12.5. The third-order valence-electron chi connectivity index (χ3n) is 1.70. The number of hydrogen-bond donors (Lipinski definition) is 4. The van der Waals surface area contributed by atoms with Crippen LogP contribution in [-0.4, -0.2) is 41.1 Å². The van der Waals surface area contributed by atoms with Crippen LogP contribution in [0.4, 0.5) is 11.9 Å². The molecule has 0 radical (unpaired) electrons. The molecule has 1 aromatic rings. The molecular weight excluding hydrogens is 321 g/mol. The Bertz CT molecular complexity index is 319. The first-order valence-corrected chi connectivity index (χ1v) is 6.13. The lowest BCUT2D eigenvalue weighted by molar-refractivity contribution is 0.856. The molecular formula is C8H16IN7. The van der Waals surface area contributed by atoms with Gasteiger partial charge in [0.15, 0.2) is 3.83 Å². The predicted octanol–water partition coefficient (Wildman–Crippen LogP) is -0.392. The largest absolute Gasteiger partial charge is 0.354 e. The van der Waals surface area contributed by atoms with Crippen molar-refractivity contribution in [3.8, 4) is 0 Å². The van der Waals surface area contributed by atoms with Gasteiger partial charge in [-0.3, -0.25) is 0 Å². The maximum absolute atomic E-state index is 5.40. The van der Waals surface area contributed by atoms with Crippen LogP contribution in [0.1, 0.15) is 6.42 Å². The summed E-state index contributed by atoms with van der Waals surface area (Å²) >= 11 is 2.05. The number of hydrogen-bond acceptors (Lipinski definition) is 7. The molecule has 6 N–H and O–H groups in total. The summed E-state index contributed by atoms with van der Waals surface area (Å²) in [6.07, 6.45) is 0.883. The Morgan fingerprint density at radius 2 is 1.56 bits per heavy atom. The van der Waals surface area contributed by atoms with Crippen LogP contribution in [0.5, 0.6) is 0 Å². The van der Waals surface area contributed by atoms with Crippen molar-refractivity contribution in [3.63, 3.8) is 0 Å². The first-order chi connectivity index (χ1) is 7.76. The Hall–Kier alpha value is -0.740. The fraction of sp³-hybridized carbons (Fsp3) is 0.625. The second-order valence-corrected chi connectivity index (χ2v) is 4.00. The minimum Gasteiger partial charge on any atom is -0.354 e. The van der Waals surface area contributed by atoms with E-state index < -0.39 is 0 Å². The minimum absolute atomic E-state index is 0.540. The van der Waals surface area contributed by atoms with Gasteiger partial charge < -0.3 is 22.1 Å². The number of rotatable bonds is 7. The molecule has 0 aliphatic rings.